The first-order valence-electron chi connectivity index (χ1n) is 6.51. The Labute approximate surface area is 113 Å². The van der Waals surface area contributed by atoms with E-state index in [1.807, 2.05) is 25.5 Å². The second-order valence-electron chi connectivity index (χ2n) is 5.20. The van der Waals surface area contributed by atoms with Crippen LogP contribution in [0.4, 0.5) is 0 Å². The maximum absolute atomic E-state index is 10.7. The number of hydrogen-bond donors (Lipinski definition) is 1. The first-order chi connectivity index (χ1) is 8.45. The van der Waals surface area contributed by atoms with Gasteiger partial charge in [-0.2, -0.15) is 5.10 Å². The van der Waals surface area contributed by atoms with E-state index in [0.717, 1.165) is 17.9 Å². The van der Waals surface area contributed by atoms with Crippen LogP contribution in [0.15, 0.2) is 0 Å². The zero-order valence-corrected chi connectivity index (χ0v) is 12.0. The van der Waals surface area contributed by atoms with Gasteiger partial charge in [0.05, 0.1) is 28.1 Å². The van der Waals surface area contributed by atoms with Gasteiger partial charge in [-0.3, -0.25) is 4.68 Å². The second kappa shape index (κ2) is 5.19. The molecule has 0 saturated carbocycles. The topological polar surface area (TPSA) is 47.3 Å². The summed E-state index contributed by atoms with van der Waals surface area (Å²) in [5, 5.41) is 15.7. The second-order valence-corrected chi connectivity index (χ2v) is 5.58. The molecule has 1 aromatic rings. The van der Waals surface area contributed by atoms with Gasteiger partial charge in [0.2, 0.25) is 0 Å². The van der Waals surface area contributed by atoms with E-state index >= 15 is 0 Å². The molecule has 2 atom stereocenters. The Morgan fingerprint density at radius 1 is 1.61 bits per heavy atom. The maximum Gasteiger partial charge on any atom is 0.0848 e. The molecule has 5 heteroatoms. The van der Waals surface area contributed by atoms with Crippen molar-refractivity contribution in [3.63, 3.8) is 0 Å². The van der Waals surface area contributed by atoms with Crippen molar-refractivity contribution in [2.45, 2.75) is 58.3 Å². The van der Waals surface area contributed by atoms with E-state index in [9.17, 15) is 5.11 Å². The number of aromatic nitrogens is 2. The van der Waals surface area contributed by atoms with Crippen LogP contribution in [0.5, 0.6) is 0 Å². The first-order valence-corrected chi connectivity index (χ1v) is 6.89. The normalized spacial score (nSPS) is 28.6. The summed E-state index contributed by atoms with van der Waals surface area (Å²) in [5.41, 5.74) is 1.05. The highest BCUT2D eigenvalue weighted by Crippen LogP contribution is 2.31. The van der Waals surface area contributed by atoms with Crippen molar-refractivity contribution in [1.82, 2.24) is 9.78 Å². The van der Waals surface area contributed by atoms with Crippen LogP contribution in [-0.2, 0) is 17.7 Å². The summed E-state index contributed by atoms with van der Waals surface area (Å²) < 4.78 is 7.37. The average molecular weight is 273 g/mol. The molecule has 0 radical (unpaired) electrons. The zero-order chi connectivity index (χ0) is 13.3. The van der Waals surface area contributed by atoms with Gasteiger partial charge in [-0.15, -0.1) is 0 Å². The summed E-state index contributed by atoms with van der Waals surface area (Å²) in [5.74, 6) is 0. The Hall–Kier alpha value is -0.580. The first kappa shape index (κ1) is 13.8. The van der Waals surface area contributed by atoms with Crippen LogP contribution in [0, 0.1) is 6.92 Å². The van der Waals surface area contributed by atoms with Crippen LogP contribution < -0.4 is 0 Å². The number of halogens is 1. The molecule has 2 unspecified atom stereocenters. The quantitative estimate of drug-likeness (QED) is 0.919. The largest absolute Gasteiger partial charge is 0.389 e. The van der Waals surface area contributed by atoms with Crippen molar-refractivity contribution in [2.75, 3.05) is 6.61 Å². The summed E-state index contributed by atoms with van der Waals surface area (Å²) in [4.78, 5) is 0. The van der Waals surface area contributed by atoms with Gasteiger partial charge in [-0.25, -0.2) is 0 Å². The maximum atomic E-state index is 10.7. The minimum absolute atomic E-state index is 0.0987. The van der Waals surface area contributed by atoms with E-state index in [-0.39, 0.29) is 6.10 Å². The summed E-state index contributed by atoms with van der Waals surface area (Å²) in [7, 11) is 0. The van der Waals surface area contributed by atoms with E-state index in [1.54, 1.807) is 0 Å². The van der Waals surface area contributed by atoms with Gasteiger partial charge in [0.1, 0.15) is 0 Å². The molecular weight excluding hydrogens is 252 g/mol. The van der Waals surface area contributed by atoms with Crippen molar-refractivity contribution in [3.05, 3.63) is 16.4 Å². The minimum Gasteiger partial charge on any atom is -0.389 e. The number of rotatable bonds is 3. The number of ether oxygens (including phenoxy) is 1. The smallest absolute Gasteiger partial charge is 0.0848 e. The fourth-order valence-corrected chi connectivity index (χ4v) is 2.86. The molecule has 18 heavy (non-hydrogen) atoms. The third kappa shape index (κ3) is 2.71. The summed E-state index contributed by atoms with van der Waals surface area (Å²) >= 11 is 6.28. The molecule has 102 valence electrons. The lowest BCUT2D eigenvalue weighted by molar-refractivity contribution is -0.0968. The highest BCUT2D eigenvalue weighted by molar-refractivity contribution is 6.31. The van der Waals surface area contributed by atoms with Gasteiger partial charge >= 0.3 is 0 Å². The summed E-state index contributed by atoms with van der Waals surface area (Å²) in [6.07, 6.45) is 1.95. The van der Waals surface area contributed by atoms with E-state index in [1.165, 1.54) is 0 Å². The van der Waals surface area contributed by atoms with Crippen LogP contribution in [0.2, 0.25) is 5.02 Å². The van der Waals surface area contributed by atoms with Crippen LogP contribution in [-0.4, -0.2) is 33.2 Å². The standard InChI is InChI=1S/C13H21ClN2O2/c1-4-16-11(12(14)10(3)15-16)8-13(17)5-6-18-9(2)7-13/h9,17H,4-8H2,1-3H3. The Morgan fingerprint density at radius 3 is 2.94 bits per heavy atom. The molecule has 1 aliphatic rings. The molecule has 1 N–H and O–H groups in total. The lowest BCUT2D eigenvalue weighted by Gasteiger charge is -2.35. The van der Waals surface area contributed by atoms with Crippen molar-refractivity contribution < 1.29 is 9.84 Å². The molecule has 4 nitrogen and oxygen atoms in total. The molecule has 1 aromatic heterocycles. The van der Waals surface area contributed by atoms with Gasteiger partial charge in [-0.1, -0.05) is 11.6 Å². The lowest BCUT2D eigenvalue weighted by atomic mass is 9.86. The Bertz CT molecular complexity index is 433. The van der Waals surface area contributed by atoms with Crippen molar-refractivity contribution in [1.29, 1.82) is 0 Å². The molecule has 0 aromatic carbocycles. The molecule has 0 bridgehead atoms. The molecule has 1 saturated heterocycles. The number of hydrogen-bond acceptors (Lipinski definition) is 3. The highest BCUT2D eigenvalue weighted by atomic mass is 35.5. The van der Waals surface area contributed by atoms with E-state index < -0.39 is 5.60 Å². The highest BCUT2D eigenvalue weighted by Gasteiger charge is 2.35. The fourth-order valence-electron chi connectivity index (χ4n) is 2.66. The van der Waals surface area contributed by atoms with Crippen molar-refractivity contribution in [3.8, 4) is 0 Å². The van der Waals surface area contributed by atoms with Gasteiger partial charge in [0.25, 0.3) is 0 Å². The molecule has 1 aliphatic heterocycles. The van der Waals surface area contributed by atoms with Crippen molar-refractivity contribution in [2.24, 2.45) is 0 Å². The number of aliphatic hydroxyl groups is 1. The minimum atomic E-state index is -0.722. The van der Waals surface area contributed by atoms with Crippen molar-refractivity contribution >= 4 is 11.6 Å². The average Bonchev–Trinajstić information content (AvgIpc) is 2.56. The van der Waals surface area contributed by atoms with Gasteiger partial charge in [0, 0.05) is 26.0 Å². The predicted molar refractivity (Wildman–Crippen MR) is 70.9 cm³/mol. The molecule has 2 heterocycles. The van der Waals surface area contributed by atoms with Gasteiger partial charge < -0.3 is 9.84 Å². The lowest BCUT2D eigenvalue weighted by Crippen LogP contribution is -2.42. The Balaban J connectivity index is 2.22. The Morgan fingerprint density at radius 2 is 2.33 bits per heavy atom. The summed E-state index contributed by atoms with van der Waals surface area (Å²) in [6.45, 7) is 7.30. The Kier molecular flexibility index (Phi) is 3.99. The molecular formula is C13H21ClN2O2. The predicted octanol–water partition coefficient (Wildman–Crippen LogP) is 2.34. The molecule has 0 spiro atoms. The molecule has 0 amide bonds. The van der Waals surface area contributed by atoms with Crippen LogP contribution in [0.1, 0.15) is 38.1 Å². The van der Waals surface area contributed by atoms with Crippen LogP contribution >= 0.6 is 11.6 Å². The third-order valence-corrected chi connectivity index (χ3v) is 4.08. The SMILES string of the molecule is CCn1nc(C)c(Cl)c1CC1(O)CCOC(C)C1. The zero-order valence-electron chi connectivity index (χ0n) is 11.2. The summed E-state index contributed by atoms with van der Waals surface area (Å²) in [6, 6.07) is 0. The van der Waals surface area contributed by atoms with E-state index in [2.05, 4.69) is 5.10 Å². The van der Waals surface area contributed by atoms with E-state index in [0.29, 0.717) is 30.9 Å². The number of aryl methyl sites for hydroxylation is 2. The fraction of sp³-hybridized carbons (Fsp3) is 0.769. The third-order valence-electron chi connectivity index (χ3n) is 3.59. The molecule has 2 rings (SSSR count). The van der Waals surface area contributed by atoms with Gasteiger partial charge in [-0.05, 0) is 27.2 Å². The van der Waals surface area contributed by atoms with Crippen LogP contribution in [0.3, 0.4) is 0 Å². The molecule has 1 fully saturated rings. The molecule has 0 aliphatic carbocycles. The monoisotopic (exact) mass is 272 g/mol. The van der Waals surface area contributed by atoms with E-state index in [4.69, 9.17) is 16.3 Å². The van der Waals surface area contributed by atoms with Crippen LogP contribution in [0.25, 0.3) is 0 Å². The van der Waals surface area contributed by atoms with Gasteiger partial charge in [0.15, 0.2) is 0 Å². The number of nitrogens with zero attached hydrogens (tertiary/aromatic N) is 2.